The number of H-pyrrole nitrogens is 1. The van der Waals surface area contributed by atoms with Crippen LogP contribution in [0.25, 0.3) is 0 Å². The Balaban J connectivity index is 2.29. The van der Waals surface area contributed by atoms with Crippen LogP contribution in [0.2, 0.25) is 0 Å². The lowest BCUT2D eigenvalue weighted by molar-refractivity contribution is 0.949. The summed E-state index contributed by atoms with van der Waals surface area (Å²) in [5.41, 5.74) is -0.330. The van der Waals surface area contributed by atoms with E-state index in [0.717, 1.165) is 4.88 Å². The molecule has 2 aromatic heterocycles. The highest BCUT2D eigenvalue weighted by molar-refractivity contribution is 7.09. The van der Waals surface area contributed by atoms with Gasteiger partial charge in [-0.05, 0) is 11.4 Å². The molecule has 2 heterocycles. The lowest BCUT2D eigenvalue weighted by Crippen LogP contribution is -2.14. The molecule has 0 aromatic carbocycles. The molecule has 0 spiro atoms. The molecule has 0 aliphatic carbocycles. The Morgan fingerprint density at radius 2 is 2.47 bits per heavy atom. The second-order valence-electron chi connectivity index (χ2n) is 2.94. The van der Waals surface area contributed by atoms with Crippen molar-refractivity contribution in [3.63, 3.8) is 0 Å². The number of aromatic nitrogens is 2. The zero-order valence-electron chi connectivity index (χ0n) is 7.73. The number of hydrogen-bond donors (Lipinski definition) is 1. The van der Waals surface area contributed by atoms with Crippen LogP contribution in [0.5, 0.6) is 0 Å². The molecule has 0 fully saturated rings. The first-order chi connectivity index (χ1) is 7.29. The van der Waals surface area contributed by atoms with Gasteiger partial charge in [0.15, 0.2) is 0 Å². The van der Waals surface area contributed by atoms with Gasteiger partial charge in [-0.1, -0.05) is 6.07 Å². The van der Waals surface area contributed by atoms with Gasteiger partial charge in [-0.2, -0.15) is 5.26 Å². The Morgan fingerprint density at radius 1 is 1.60 bits per heavy atom. The summed E-state index contributed by atoms with van der Waals surface area (Å²) in [6, 6.07) is 5.70. The number of nitrogens with zero attached hydrogens (tertiary/aromatic N) is 2. The van der Waals surface area contributed by atoms with Gasteiger partial charge in [-0.25, -0.2) is 4.98 Å². The van der Waals surface area contributed by atoms with Crippen molar-refractivity contribution in [1.82, 2.24) is 9.97 Å². The quantitative estimate of drug-likeness (QED) is 0.824. The van der Waals surface area contributed by atoms with E-state index in [-0.39, 0.29) is 11.1 Å². The number of rotatable bonds is 2. The van der Waals surface area contributed by atoms with Gasteiger partial charge in [0.05, 0.1) is 6.20 Å². The second kappa shape index (κ2) is 4.07. The average Bonchev–Trinajstić information content (AvgIpc) is 2.71. The van der Waals surface area contributed by atoms with Crippen LogP contribution in [0.1, 0.15) is 16.3 Å². The number of thiophene rings is 1. The Hall–Kier alpha value is -1.93. The highest BCUT2D eigenvalue weighted by atomic mass is 32.1. The molecule has 4 nitrogen and oxygen atoms in total. The fourth-order valence-corrected chi connectivity index (χ4v) is 1.89. The first kappa shape index (κ1) is 9.62. The summed E-state index contributed by atoms with van der Waals surface area (Å²) >= 11 is 1.61. The lowest BCUT2D eigenvalue weighted by Gasteiger charge is -1.97. The Bertz CT molecular complexity index is 551. The minimum absolute atomic E-state index is 0.0462. The van der Waals surface area contributed by atoms with Crippen LogP contribution in [-0.4, -0.2) is 9.97 Å². The monoisotopic (exact) mass is 217 g/mol. The van der Waals surface area contributed by atoms with E-state index < -0.39 is 0 Å². The largest absolute Gasteiger partial charge is 0.309 e. The molecule has 74 valence electrons. The summed E-state index contributed by atoms with van der Waals surface area (Å²) in [5.74, 6) is 0.585. The van der Waals surface area contributed by atoms with Crippen LogP contribution in [0.3, 0.4) is 0 Å². The van der Waals surface area contributed by atoms with E-state index in [4.69, 9.17) is 5.26 Å². The molecule has 0 radical (unpaired) electrons. The molecular formula is C10H7N3OS. The summed E-state index contributed by atoms with van der Waals surface area (Å²) in [7, 11) is 0. The number of aromatic amines is 1. The van der Waals surface area contributed by atoms with Crippen molar-refractivity contribution in [3.8, 4) is 6.07 Å². The number of nitrogens with one attached hydrogen (secondary N) is 1. The minimum atomic E-state index is -0.376. The van der Waals surface area contributed by atoms with Crippen LogP contribution in [0, 0.1) is 11.3 Å². The van der Waals surface area contributed by atoms with Gasteiger partial charge in [0.25, 0.3) is 5.56 Å². The maximum Gasteiger partial charge on any atom is 0.268 e. The van der Waals surface area contributed by atoms with Crippen molar-refractivity contribution in [2.45, 2.75) is 6.42 Å². The Morgan fingerprint density at radius 3 is 3.07 bits per heavy atom. The molecule has 0 saturated heterocycles. The van der Waals surface area contributed by atoms with E-state index in [1.54, 1.807) is 17.4 Å². The highest BCUT2D eigenvalue weighted by Gasteiger charge is 2.02. The standard InChI is InChI=1S/C10H7N3OS/c11-5-7-6-12-9(13-10(7)14)4-8-2-1-3-15-8/h1-3,6H,4H2,(H,12,13,14). The third-order valence-electron chi connectivity index (χ3n) is 1.89. The van der Waals surface area contributed by atoms with Gasteiger partial charge in [0.2, 0.25) is 0 Å². The van der Waals surface area contributed by atoms with Gasteiger partial charge >= 0.3 is 0 Å². The maximum atomic E-state index is 11.3. The molecule has 0 unspecified atom stereocenters. The van der Waals surface area contributed by atoms with Crippen molar-refractivity contribution >= 4 is 11.3 Å². The summed E-state index contributed by atoms with van der Waals surface area (Å²) in [4.78, 5) is 19.0. The minimum Gasteiger partial charge on any atom is -0.309 e. The molecule has 1 N–H and O–H groups in total. The Kier molecular flexibility index (Phi) is 2.61. The van der Waals surface area contributed by atoms with Crippen LogP contribution in [-0.2, 0) is 6.42 Å². The van der Waals surface area contributed by atoms with Crippen molar-refractivity contribution in [2.24, 2.45) is 0 Å². The molecule has 0 atom stereocenters. The molecule has 0 saturated carbocycles. The molecule has 0 bridgehead atoms. The Labute approximate surface area is 89.9 Å². The molecule has 5 heteroatoms. The molecule has 0 amide bonds. The molecular weight excluding hydrogens is 210 g/mol. The van der Waals surface area contributed by atoms with E-state index in [9.17, 15) is 4.79 Å². The summed E-state index contributed by atoms with van der Waals surface area (Å²) < 4.78 is 0. The molecule has 0 aliphatic heterocycles. The summed E-state index contributed by atoms with van der Waals surface area (Å²) in [6.45, 7) is 0. The third kappa shape index (κ3) is 2.11. The first-order valence-corrected chi connectivity index (χ1v) is 5.18. The van der Waals surface area contributed by atoms with Gasteiger partial charge in [0, 0.05) is 11.3 Å². The van der Waals surface area contributed by atoms with Crippen LogP contribution in [0.4, 0.5) is 0 Å². The predicted octanol–water partition coefficient (Wildman–Crippen LogP) is 1.29. The summed E-state index contributed by atoms with van der Waals surface area (Å²) in [5, 5.41) is 10.5. The normalized spacial score (nSPS) is 9.80. The van der Waals surface area contributed by atoms with E-state index in [1.807, 2.05) is 17.5 Å². The van der Waals surface area contributed by atoms with E-state index in [2.05, 4.69) is 9.97 Å². The summed E-state index contributed by atoms with van der Waals surface area (Å²) in [6.07, 6.45) is 1.90. The fraction of sp³-hybridized carbons (Fsp3) is 0.100. The molecule has 2 aromatic rings. The average molecular weight is 217 g/mol. The zero-order valence-corrected chi connectivity index (χ0v) is 8.54. The highest BCUT2D eigenvalue weighted by Crippen LogP contribution is 2.11. The van der Waals surface area contributed by atoms with Crippen molar-refractivity contribution in [3.05, 3.63) is 50.3 Å². The maximum absolute atomic E-state index is 11.3. The zero-order chi connectivity index (χ0) is 10.7. The van der Waals surface area contributed by atoms with Crippen molar-refractivity contribution < 1.29 is 0 Å². The van der Waals surface area contributed by atoms with Gasteiger partial charge in [-0.3, -0.25) is 4.79 Å². The smallest absolute Gasteiger partial charge is 0.268 e. The lowest BCUT2D eigenvalue weighted by atomic mass is 10.3. The van der Waals surface area contributed by atoms with Crippen molar-refractivity contribution in [2.75, 3.05) is 0 Å². The molecule has 15 heavy (non-hydrogen) atoms. The van der Waals surface area contributed by atoms with E-state index in [0.29, 0.717) is 12.2 Å². The van der Waals surface area contributed by atoms with E-state index in [1.165, 1.54) is 6.20 Å². The van der Waals surface area contributed by atoms with Gasteiger partial charge in [0.1, 0.15) is 17.5 Å². The predicted molar refractivity (Wildman–Crippen MR) is 56.7 cm³/mol. The SMILES string of the molecule is N#Cc1cnc(Cc2cccs2)[nH]c1=O. The molecule has 0 aliphatic rings. The van der Waals surface area contributed by atoms with Gasteiger partial charge in [-0.15, -0.1) is 11.3 Å². The van der Waals surface area contributed by atoms with Crippen molar-refractivity contribution in [1.29, 1.82) is 5.26 Å². The van der Waals surface area contributed by atoms with Crippen LogP contribution < -0.4 is 5.56 Å². The van der Waals surface area contributed by atoms with Crippen LogP contribution >= 0.6 is 11.3 Å². The molecule has 2 rings (SSSR count). The second-order valence-corrected chi connectivity index (χ2v) is 3.97. The first-order valence-electron chi connectivity index (χ1n) is 4.30. The van der Waals surface area contributed by atoms with Crippen LogP contribution in [0.15, 0.2) is 28.5 Å². The number of nitriles is 1. The van der Waals surface area contributed by atoms with E-state index >= 15 is 0 Å². The topological polar surface area (TPSA) is 69.5 Å². The fourth-order valence-electron chi connectivity index (χ4n) is 1.18. The third-order valence-corrected chi connectivity index (χ3v) is 2.77. The van der Waals surface area contributed by atoms with Gasteiger partial charge < -0.3 is 4.98 Å². The number of hydrogen-bond acceptors (Lipinski definition) is 4.